The van der Waals surface area contributed by atoms with E-state index >= 15 is 0 Å². The molecule has 2 rings (SSSR count). The zero-order chi connectivity index (χ0) is 13.2. The van der Waals surface area contributed by atoms with Crippen molar-refractivity contribution in [3.05, 3.63) is 28.7 Å². The highest BCUT2D eigenvalue weighted by molar-refractivity contribution is 8.00. The number of nitrogens with zero attached hydrogens (tertiary/aromatic N) is 1. The number of aromatic nitrogens is 1. The summed E-state index contributed by atoms with van der Waals surface area (Å²) in [7, 11) is 0. The van der Waals surface area contributed by atoms with Crippen LogP contribution in [0.1, 0.15) is 12.8 Å². The van der Waals surface area contributed by atoms with Gasteiger partial charge in [0.25, 0.3) is 5.56 Å². The second-order valence-corrected chi connectivity index (χ2v) is 5.87. The summed E-state index contributed by atoms with van der Waals surface area (Å²) in [6.07, 6.45) is 5.84. The van der Waals surface area contributed by atoms with Crippen LogP contribution in [-0.4, -0.2) is 28.0 Å². The molecule has 0 radical (unpaired) electrons. The van der Waals surface area contributed by atoms with Gasteiger partial charge in [-0.1, -0.05) is 0 Å². The van der Waals surface area contributed by atoms with Crippen LogP contribution in [0, 0.1) is 0 Å². The Kier molecular flexibility index (Phi) is 3.65. The van der Waals surface area contributed by atoms with Crippen molar-refractivity contribution in [1.29, 1.82) is 0 Å². The monoisotopic (exact) mass is 267 g/mol. The van der Waals surface area contributed by atoms with E-state index in [1.165, 1.54) is 22.9 Å². The summed E-state index contributed by atoms with van der Waals surface area (Å²) in [5.41, 5.74) is 5.84. The number of hydrogen-bond acceptors (Lipinski definition) is 4. The molecule has 1 fully saturated rings. The van der Waals surface area contributed by atoms with E-state index in [0.717, 1.165) is 12.8 Å². The molecule has 1 aliphatic carbocycles. The summed E-state index contributed by atoms with van der Waals surface area (Å²) in [5, 5.41) is 2.87. The molecule has 0 atom stereocenters. The van der Waals surface area contributed by atoms with Crippen molar-refractivity contribution in [3.8, 4) is 0 Å². The molecule has 98 valence electrons. The number of pyridine rings is 1. The maximum Gasteiger partial charge on any atom is 0.251 e. The van der Waals surface area contributed by atoms with E-state index in [9.17, 15) is 9.59 Å². The minimum Gasteiger partial charge on any atom is -0.398 e. The fourth-order valence-electron chi connectivity index (χ4n) is 1.74. The molecule has 0 aliphatic heterocycles. The molecular formula is C12H17N3O2S. The number of hydrogen-bond donors (Lipinski definition) is 2. The van der Waals surface area contributed by atoms with Crippen molar-refractivity contribution < 1.29 is 4.79 Å². The predicted octanol–water partition coefficient (Wildman–Crippen LogP) is 0.442. The number of thioether (sulfide) groups is 1. The van der Waals surface area contributed by atoms with Crippen molar-refractivity contribution >= 4 is 23.4 Å². The molecule has 0 spiro atoms. The van der Waals surface area contributed by atoms with Crippen molar-refractivity contribution in [3.63, 3.8) is 0 Å². The summed E-state index contributed by atoms with van der Waals surface area (Å²) in [4.78, 5) is 23.2. The number of rotatable bonds is 5. The normalized spacial score (nSPS) is 16.3. The van der Waals surface area contributed by atoms with Crippen LogP contribution in [-0.2, 0) is 11.3 Å². The molecule has 6 heteroatoms. The molecule has 5 nitrogen and oxygen atoms in total. The molecule has 1 heterocycles. The molecular weight excluding hydrogens is 250 g/mol. The second-order valence-electron chi connectivity index (χ2n) is 4.59. The van der Waals surface area contributed by atoms with E-state index in [1.807, 2.05) is 0 Å². The fourth-order valence-corrected chi connectivity index (χ4v) is 2.46. The highest BCUT2D eigenvalue weighted by Gasteiger charge is 2.41. The molecule has 1 aromatic rings. The van der Waals surface area contributed by atoms with Gasteiger partial charge in [0.1, 0.15) is 6.54 Å². The summed E-state index contributed by atoms with van der Waals surface area (Å²) in [6.45, 7) is 0.693. The molecule has 1 saturated carbocycles. The number of carbonyl (C=O) groups excluding carboxylic acids is 1. The predicted molar refractivity (Wildman–Crippen MR) is 73.6 cm³/mol. The Balaban J connectivity index is 1.91. The van der Waals surface area contributed by atoms with E-state index in [4.69, 9.17) is 5.73 Å². The molecule has 0 bridgehead atoms. The third kappa shape index (κ3) is 3.07. The number of amides is 1. The van der Waals surface area contributed by atoms with Gasteiger partial charge in [-0.05, 0) is 25.2 Å². The molecule has 1 aromatic heterocycles. The SMILES string of the molecule is CSC1(CNC(=O)Cn2cc(N)ccc2=O)CC1. The van der Waals surface area contributed by atoms with Crippen molar-refractivity contribution in [2.45, 2.75) is 24.1 Å². The van der Waals surface area contributed by atoms with Gasteiger partial charge in [-0.15, -0.1) is 0 Å². The zero-order valence-corrected chi connectivity index (χ0v) is 11.1. The van der Waals surface area contributed by atoms with Crippen LogP contribution in [0.3, 0.4) is 0 Å². The van der Waals surface area contributed by atoms with Crippen LogP contribution in [0.5, 0.6) is 0 Å². The smallest absolute Gasteiger partial charge is 0.251 e. The average Bonchev–Trinajstić information content (AvgIpc) is 3.12. The first-order valence-corrected chi connectivity index (χ1v) is 7.05. The summed E-state index contributed by atoms with van der Waals surface area (Å²) in [5.74, 6) is -0.150. The van der Waals surface area contributed by atoms with Crippen LogP contribution in [0.15, 0.2) is 23.1 Å². The van der Waals surface area contributed by atoms with Gasteiger partial charge in [0.05, 0.1) is 0 Å². The Morgan fingerprint density at radius 1 is 1.56 bits per heavy atom. The van der Waals surface area contributed by atoms with Crippen molar-refractivity contribution in [1.82, 2.24) is 9.88 Å². The number of nitrogens with one attached hydrogen (secondary N) is 1. The Morgan fingerprint density at radius 2 is 2.28 bits per heavy atom. The summed E-state index contributed by atoms with van der Waals surface area (Å²) < 4.78 is 1.56. The minimum absolute atomic E-state index is 0.0222. The number of anilines is 1. The van der Waals surface area contributed by atoms with E-state index in [2.05, 4.69) is 11.6 Å². The van der Waals surface area contributed by atoms with Crippen LogP contribution < -0.4 is 16.6 Å². The van der Waals surface area contributed by atoms with Crippen LogP contribution in [0.2, 0.25) is 0 Å². The van der Waals surface area contributed by atoms with E-state index in [0.29, 0.717) is 12.2 Å². The van der Waals surface area contributed by atoms with Gasteiger partial charge >= 0.3 is 0 Å². The maximum atomic E-state index is 11.7. The van der Waals surface area contributed by atoms with Gasteiger partial charge in [0.2, 0.25) is 5.91 Å². The molecule has 3 N–H and O–H groups in total. The highest BCUT2D eigenvalue weighted by atomic mass is 32.2. The third-order valence-electron chi connectivity index (χ3n) is 3.17. The van der Waals surface area contributed by atoms with Crippen molar-refractivity contribution in [2.75, 3.05) is 18.5 Å². The largest absolute Gasteiger partial charge is 0.398 e. The lowest BCUT2D eigenvalue weighted by molar-refractivity contribution is -0.121. The molecule has 1 amide bonds. The number of nitrogens with two attached hydrogens (primary N) is 1. The maximum absolute atomic E-state index is 11.7. The molecule has 0 aromatic carbocycles. The van der Waals surface area contributed by atoms with Crippen LogP contribution in [0.25, 0.3) is 0 Å². The lowest BCUT2D eigenvalue weighted by atomic mass is 10.4. The van der Waals surface area contributed by atoms with Crippen molar-refractivity contribution in [2.24, 2.45) is 0 Å². The Morgan fingerprint density at radius 3 is 2.89 bits per heavy atom. The number of carbonyl (C=O) groups is 1. The lowest BCUT2D eigenvalue weighted by Crippen LogP contribution is -2.36. The van der Waals surface area contributed by atoms with E-state index < -0.39 is 0 Å². The highest BCUT2D eigenvalue weighted by Crippen LogP contribution is 2.46. The van der Waals surface area contributed by atoms with Crippen LogP contribution in [0.4, 0.5) is 5.69 Å². The average molecular weight is 267 g/mol. The zero-order valence-electron chi connectivity index (χ0n) is 10.3. The Labute approximate surface area is 110 Å². The standard InChI is InChI=1S/C12H17N3O2S/c1-18-12(4-5-12)8-14-10(16)7-15-6-9(13)2-3-11(15)17/h2-3,6H,4-5,7-8,13H2,1H3,(H,14,16). The lowest BCUT2D eigenvalue weighted by Gasteiger charge is -2.13. The van der Waals surface area contributed by atoms with Gasteiger partial charge in [-0.3, -0.25) is 9.59 Å². The molecule has 0 unspecified atom stereocenters. The second kappa shape index (κ2) is 5.06. The van der Waals surface area contributed by atoms with Gasteiger partial charge in [0.15, 0.2) is 0 Å². The topological polar surface area (TPSA) is 77.1 Å². The molecule has 0 saturated heterocycles. The van der Waals surface area contributed by atoms with E-state index in [-0.39, 0.29) is 22.8 Å². The first-order chi connectivity index (χ1) is 8.54. The minimum atomic E-state index is -0.217. The fraction of sp³-hybridized carbons (Fsp3) is 0.500. The summed E-state index contributed by atoms with van der Waals surface area (Å²) >= 11 is 1.79. The number of nitrogen functional groups attached to an aromatic ring is 1. The third-order valence-corrected chi connectivity index (χ3v) is 4.59. The first kappa shape index (κ1) is 13.0. The first-order valence-electron chi connectivity index (χ1n) is 5.82. The summed E-state index contributed by atoms with van der Waals surface area (Å²) in [6, 6.07) is 2.90. The Hall–Kier alpha value is -1.43. The quantitative estimate of drug-likeness (QED) is 0.811. The van der Waals surface area contributed by atoms with Gasteiger partial charge in [0, 0.05) is 29.2 Å². The van der Waals surface area contributed by atoms with Gasteiger partial charge in [-0.25, -0.2) is 0 Å². The van der Waals surface area contributed by atoms with Gasteiger partial charge < -0.3 is 15.6 Å². The van der Waals surface area contributed by atoms with E-state index in [1.54, 1.807) is 11.8 Å². The molecule has 18 heavy (non-hydrogen) atoms. The van der Waals surface area contributed by atoms with Gasteiger partial charge in [-0.2, -0.15) is 11.8 Å². The van der Waals surface area contributed by atoms with Crippen LogP contribution >= 0.6 is 11.8 Å². The Bertz CT molecular complexity index is 508. The molecule has 1 aliphatic rings.